The second-order valence-corrected chi connectivity index (χ2v) is 4.53. The molecule has 0 aliphatic heterocycles. The lowest BCUT2D eigenvalue weighted by molar-refractivity contribution is 0.0118. The fourth-order valence-electron chi connectivity index (χ4n) is 1.62. The number of rotatable bonds is 6. The van der Waals surface area contributed by atoms with Gasteiger partial charge in [0.15, 0.2) is 5.69 Å². The van der Waals surface area contributed by atoms with Crippen LogP contribution in [-0.4, -0.2) is 39.9 Å². The summed E-state index contributed by atoms with van der Waals surface area (Å²) in [6.45, 7) is -1.21. The molecule has 0 bridgehead atoms. The fraction of sp³-hybridized carbons (Fsp3) is 0.308. The summed E-state index contributed by atoms with van der Waals surface area (Å²) >= 11 is 0. The number of carbonyl (C=O) groups is 1. The van der Waals surface area contributed by atoms with E-state index in [-0.39, 0.29) is 18.1 Å². The van der Waals surface area contributed by atoms with E-state index in [9.17, 15) is 13.6 Å². The first kappa shape index (κ1) is 18.0. The summed E-state index contributed by atoms with van der Waals surface area (Å²) in [7, 11) is 0. The Morgan fingerprint density at radius 1 is 1.32 bits per heavy atom. The topological polar surface area (TPSA) is 85.8 Å². The van der Waals surface area contributed by atoms with E-state index in [4.69, 9.17) is 5.73 Å². The van der Waals surface area contributed by atoms with Crippen molar-refractivity contribution in [3.63, 3.8) is 0 Å². The molecule has 0 radical (unpaired) electrons. The number of benzene rings is 1. The van der Waals surface area contributed by atoms with Crippen molar-refractivity contribution in [1.82, 2.24) is 20.3 Å². The molecule has 0 aliphatic rings. The zero-order valence-corrected chi connectivity index (χ0v) is 12.4. The fourth-order valence-corrected chi connectivity index (χ4v) is 1.62. The highest BCUT2D eigenvalue weighted by Crippen LogP contribution is 2.09. The number of alkyl halides is 2. The third kappa shape index (κ3) is 5.05. The lowest BCUT2D eigenvalue weighted by Gasteiger charge is -2.13. The van der Waals surface area contributed by atoms with Gasteiger partial charge in [-0.2, -0.15) is 0 Å². The van der Waals surface area contributed by atoms with E-state index >= 15 is 0 Å². The smallest absolute Gasteiger partial charge is 0.277 e. The number of nitrogens with zero attached hydrogens (tertiary/aromatic N) is 3. The van der Waals surface area contributed by atoms with Crippen LogP contribution in [0.4, 0.5) is 8.78 Å². The number of amides is 1. The first-order valence-corrected chi connectivity index (χ1v) is 6.30. The Bertz CT molecular complexity index is 605. The second kappa shape index (κ2) is 7.81. The summed E-state index contributed by atoms with van der Waals surface area (Å²) in [5.41, 5.74) is 5.86. The molecule has 0 fully saturated rings. The zero-order chi connectivity index (χ0) is 15.3. The van der Waals surface area contributed by atoms with Gasteiger partial charge in [0.25, 0.3) is 11.8 Å². The van der Waals surface area contributed by atoms with Crippen LogP contribution < -0.4 is 11.1 Å². The number of nitrogens with one attached hydrogen (secondary N) is 1. The normalized spacial score (nSPS) is 10.9. The van der Waals surface area contributed by atoms with Gasteiger partial charge in [0.1, 0.15) is 0 Å². The maximum absolute atomic E-state index is 12.9. The first-order valence-electron chi connectivity index (χ1n) is 6.30. The Morgan fingerprint density at radius 2 is 2.00 bits per heavy atom. The molecule has 1 amide bonds. The van der Waals surface area contributed by atoms with Gasteiger partial charge in [-0.25, -0.2) is 13.5 Å². The molecule has 1 aromatic heterocycles. The van der Waals surface area contributed by atoms with Gasteiger partial charge in [-0.05, 0) is 5.56 Å². The number of nitrogens with two attached hydrogens (primary N) is 1. The Hall–Kier alpha value is -2.06. The lowest BCUT2D eigenvalue weighted by Crippen LogP contribution is -2.41. The third-order valence-corrected chi connectivity index (χ3v) is 2.76. The van der Waals surface area contributed by atoms with Crippen molar-refractivity contribution in [3.05, 3.63) is 47.8 Å². The zero-order valence-electron chi connectivity index (χ0n) is 11.6. The van der Waals surface area contributed by atoms with Crippen LogP contribution in [0.3, 0.4) is 0 Å². The molecule has 0 spiro atoms. The largest absolute Gasteiger partial charge is 0.344 e. The number of halogens is 3. The molecular weight excluding hydrogens is 316 g/mol. The van der Waals surface area contributed by atoms with E-state index in [1.54, 1.807) is 0 Å². The van der Waals surface area contributed by atoms with Crippen LogP contribution >= 0.6 is 12.4 Å². The van der Waals surface area contributed by atoms with Gasteiger partial charge in [-0.3, -0.25) is 4.79 Å². The molecule has 120 valence electrons. The van der Waals surface area contributed by atoms with E-state index < -0.39 is 24.9 Å². The lowest BCUT2D eigenvalue weighted by atomic mass is 10.2. The van der Waals surface area contributed by atoms with Crippen LogP contribution in [0.25, 0.3) is 0 Å². The quantitative estimate of drug-likeness (QED) is 0.829. The van der Waals surface area contributed by atoms with Gasteiger partial charge in [0, 0.05) is 0 Å². The molecule has 0 saturated heterocycles. The molecule has 3 N–H and O–H groups in total. The Labute approximate surface area is 132 Å². The highest BCUT2D eigenvalue weighted by atomic mass is 35.5. The van der Waals surface area contributed by atoms with E-state index in [2.05, 4.69) is 15.6 Å². The summed E-state index contributed by atoms with van der Waals surface area (Å²) in [6, 6.07) is 9.47. The third-order valence-electron chi connectivity index (χ3n) is 2.76. The minimum atomic E-state index is -3.13. The molecule has 0 unspecified atom stereocenters. The van der Waals surface area contributed by atoms with Crippen LogP contribution in [0, 0.1) is 0 Å². The Morgan fingerprint density at radius 3 is 2.64 bits per heavy atom. The summed E-state index contributed by atoms with van der Waals surface area (Å²) in [5.74, 6) is -3.84. The van der Waals surface area contributed by atoms with Crippen LogP contribution in [0.5, 0.6) is 0 Å². The van der Waals surface area contributed by atoms with Crippen molar-refractivity contribution in [2.75, 3.05) is 13.1 Å². The van der Waals surface area contributed by atoms with E-state index in [0.29, 0.717) is 6.54 Å². The number of aromatic nitrogens is 3. The standard InChI is InChI=1S/C13H15F2N5O.ClH/c14-13(15,8-16)9-17-12(21)11-7-20(19-18-11)6-10-4-2-1-3-5-10;/h1-5,7H,6,8-9,16H2,(H,17,21);1H. The highest BCUT2D eigenvalue weighted by Gasteiger charge is 2.27. The molecule has 6 nitrogen and oxygen atoms in total. The van der Waals surface area contributed by atoms with Crippen molar-refractivity contribution in [2.24, 2.45) is 5.73 Å². The predicted octanol–water partition coefficient (Wildman–Crippen LogP) is 1.07. The molecule has 9 heteroatoms. The molecule has 1 heterocycles. The molecule has 0 saturated carbocycles. The molecule has 22 heavy (non-hydrogen) atoms. The number of hydrogen-bond donors (Lipinski definition) is 2. The van der Waals surface area contributed by atoms with E-state index in [0.717, 1.165) is 5.56 Å². The summed E-state index contributed by atoms with van der Waals surface area (Å²) in [4.78, 5) is 11.7. The van der Waals surface area contributed by atoms with Gasteiger partial charge < -0.3 is 11.1 Å². The van der Waals surface area contributed by atoms with Crippen LogP contribution in [-0.2, 0) is 6.54 Å². The maximum Gasteiger partial charge on any atom is 0.277 e. The van der Waals surface area contributed by atoms with Crippen molar-refractivity contribution in [2.45, 2.75) is 12.5 Å². The second-order valence-electron chi connectivity index (χ2n) is 4.53. The van der Waals surface area contributed by atoms with E-state index in [1.165, 1.54) is 10.9 Å². The summed E-state index contributed by atoms with van der Waals surface area (Å²) in [6.07, 6.45) is 1.41. The van der Waals surface area contributed by atoms with Crippen molar-refractivity contribution < 1.29 is 13.6 Å². The monoisotopic (exact) mass is 331 g/mol. The number of hydrogen-bond acceptors (Lipinski definition) is 4. The van der Waals surface area contributed by atoms with Crippen LogP contribution in [0.2, 0.25) is 0 Å². The van der Waals surface area contributed by atoms with Crippen molar-refractivity contribution in [3.8, 4) is 0 Å². The van der Waals surface area contributed by atoms with Gasteiger partial charge in [0.2, 0.25) is 0 Å². The summed E-state index contributed by atoms with van der Waals surface area (Å²) < 4.78 is 27.3. The van der Waals surface area contributed by atoms with Crippen LogP contribution in [0.15, 0.2) is 36.5 Å². The molecule has 0 aliphatic carbocycles. The molecule has 1 aromatic carbocycles. The molecule has 0 atom stereocenters. The molecule has 2 aromatic rings. The average Bonchev–Trinajstić information content (AvgIpc) is 2.94. The van der Waals surface area contributed by atoms with E-state index in [1.807, 2.05) is 30.3 Å². The van der Waals surface area contributed by atoms with Gasteiger partial charge >= 0.3 is 0 Å². The number of carbonyl (C=O) groups excluding carboxylic acids is 1. The Kier molecular flexibility index (Phi) is 6.39. The Balaban J connectivity index is 0.00000242. The minimum absolute atomic E-state index is 0. The van der Waals surface area contributed by atoms with Crippen molar-refractivity contribution in [1.29, 1.82) is 0 Å². The maximum atomic E-state index is 12.9. The van der Waals surface area contributed by atoms with Gasteiger partial charge in [0.05, 0.1) is 25.8 Å². The predicted molar refractivity (Wildman–Crippen MR) is 79.1 cm³/mol. The minimum Gasteiger partial charge on any atom is -0.344 e. The molecular formula is C13H16ClF2N5O. The SMILES string of the molecule is Cl.NCC(F)(F)CNC(=O)c1cn(Cc2ccccc2)nn1. The van der Waals surface area contributed by atoms with Gasteiger partial charge in [-0.1, -0.05) is 35.5 Å². The first-order chi connectivity index (χ1) is 10.00. The highest BCUT2D eigenvalue weighted by molar-refractivity contribution is 5.91. The van der Waals surface area contributed by atoms with Crippen molar-refractivity contribution >= 4 is 18.3 Å². The van der Waals surface area contributed by atoms with Gasteiger partial charge in [-0.15, -0.1) is 17.5 Å². The average molecular weight is 332 g/mol. The molecule has 2 rings (SSSR count). The summed E-state index contributed by atoms with van der Waals surface area (Å²) in [5, 5.41) is 9.54. The van der Waals surface area contributed by atoms with Crippen LogP contribution in [0.1, 0.15) is 16.1 Å².